The maximum absolute atomic E-state index is 13.3. The lowest BCUT2D eigenvalue weighted by Crippen LogP contribution is -2.49. The quantitative estimate of drug-likeness (QED) is 0.694. The Morgan fingerprint density at radius 3 is 2.59 bits per heavy atom. The summed E-state index contributed by atoms with van der Waals surface area (Å²) in [5.41, 5.74) is 2.99. The van der Waals surface area contributed by atoms with Gasteiger partial charge in [0.1, 0.15) is 17.7 Å². The van der Waals surface area contributed by atoms with Crippen molar-refractivity contribution in [2.45, 2.75) is 52.6 Å². The van der Waals surface area contributed by atoms with Crippen LogP contribution in [0.5, 0.6) is 0 Å². The zero-order chi connectivity index (χ0) is 23.3. The molecule has 1 unspecified atom stereocenters. The molecule has 7 nitrogen and oxygen atoms in total. The number of rotatable bonds is 7. The normalized spacial score (nSPS) is 16.4. The Kier molecular flexibility index (Phi) is 7.65. The van der Waals surface area contributed by atoms with Crippen LogP contribution in [0.1, 0.15) is 48.6 Å². The predicted molar refractivity (Wildman–Crippen MR) is 121 cm³/mol. The lowest BCUT2D eigenvalue weighted by atomic mass is 10.1. The van der Waals surface area contributed by atoms with E-state index >= 15 is 0 Å². The van der Waals surface area contributed by atoms with Gasteiger partial charge in [-0.2, -0.15) is 5.26 Å². The van der Waals surface area contributed by atoms with Crippen LogP contribution < -0.4 is 10.6 Å². The van der Waals surface area contributed by atoms with Crippen molar-refractivity contribution in [3.05, 3.63) is 52.5 Å². The molecule has 1 aliphatic heterocycles. The Bertz CT molecular complexity index is 1020. The Labute approximate surface area is 188 Å². The fourth-order valence-corrected chi connectivity index (χ4v) is 4.12. The molecule has 0 spiro atoms. The number of benzene rings is 1. The van der Waals surface area contributed by atoms with Gasteiger partial charge in [-0.05, 0) is 56.5 Å². The van der Waals surface area contributed by atoms with E-state index in [0.717, 1.165) is 36.2 Å². The summed E-state index contributed by atoms with van der Waals surface area (Å²) >= 11 is 0. The van der Waals surface area contributed by atoms with Crippen molar-refractivity contribution in [3.63, 3.8) is 0 Å². The summed E-state index contributed by atoms with van der Waals surface area (Å²) < 4.78 is 15.2. The van der Waals surface area contributed by atoms with Crippen molar-refractivity contribution in [2.24, 2.45) is 0 Å². The van der Waals surface area contributed by atoms with Crippen LogP contribution in [0.2, 0.25) is 0 Å². The van der Waals surface area contributed by atoms with Gasteiger partial charge in [0.25, 0.3) is 0 Å². The van der Waals surface area contributed by atoms with Crippen molar-refractivity contribution in [2.75, 3.05) is 25.0 Å². The third-order valence-electron chi connectivity index (χ3n) is 6.01. The van der Waals surface area contributed by atoms with Crippen molar-refractivity contribution in [1.29, 1.82) is 5.26 Å². The van der Waals surface area contributed by atoms with Gasteiger partial charge < -0.3 is 15.2 Å². The highest BCUT2D eigenvalue weighted by molar-refractivity contribution is 5.93. The number of nitrogens with zero attached hydrogens (tertiary/aromatic N) is 3. The van der Waals surface area contributed by atoms with Crippen LogP contribution >= 0.6 is 0 Å². The van der Waals surface area contributed by atoms with Crippen LogP contribution in [0.4, 0.5) is 10.2 Å². The van der Waals surface area contributed by atoms with Gasteiger partial charge in [0.15, 0.2) is 0 Å². The Morgan fingerprint density at radius 2 is 1.94 bits per heavy atom. The number of hydrogen-bond acceptors (Lipinski definition) is 4. The largest absolute Gasteiger partial charge is 0.352 e. The van der Waals surface area contributed by atoms with Gasteiger partial charge in [0.05, 0.1) is 12.1 Å². The first-order chi connectivity index (χ1) is 15.3. The molecule has 8 heteroatoms. The molecule has 1 aromatic heterocycles. The number of likely N-dealkylation sites (tertiary alicyclic amines) is 1. The van der Waals surface area contributed by atoms with Crippen LogP contribution in [0.3, 0.4) is 0 Å². The predicted octanol–water partition coefficient (Wildman–Crippen LogP) is 3.09. The number of carbonyl (C=O) groups excluding carboxylic acids is 2. The van der Waals surface area contributed by atoms with E-state index in [1.165, 1.54) is 12.1 Å². The highest BCUT2D eigenvalue weighted by atomic mass is 19.1. The van der Waals surface area contributed by atoms with E-state index in [0.29, 0.717) is 30.9 Å². The van der Waals surface area contributed by atoms with Gasteiger partial charge in [0, 0.05) is 31.2 Å². The second-order valence-corrected chi connectivity index (χ2v) is 8.30. The average Bonchev–Trinajstić information content (AvgIpc) is 2.99. The zero-order valence-electron chi connectivity index (χ0n) is 18.9. The SMILES string of the molecule is CCC(=O)NC1CCCN(CC(=O)Nc2c(C#N)c(C)c(C)n2Cc2ccc(F)cc2)C1. The minimum atomic E-state index is -0.310. The summed E-state index contributed by atoms with van der Waals surface area (Å²) in [5.74, 6) is -0.0358. The Balaban J connectivity index is 1.73. The second kappa shape index (κ2) is 10.4. The molecule has 1 fully saturated rings. The molecule has 3 rings (SSSR count). The van der Waals surface area contributed by atoms with Crippen LogP contribution in [-0.2, 0) is 16.1 Å². The Hall–Kier alpha value is -3.18. The minimum absolute atomic E-state index is 0.0181. The Morgan fingerprint density at radius 1 is 1.22 bits per heavy atom. The van der Waals surface area contributed by atoms with E-state index in [2.05, 4.69) is 16.7 Å². The zero-order valence-corrected chi connectivity index (χ0v) is 18.9. The summed E-state index contributed by atoms with van der Waals surface area (Å²) in [7, 11) is 0. The van der Waals surface area contributed by atoms with Gasteiger partial charge in [-0.25, -0.2) is 4.39 Å². The molecule has 2 amide bonds. The molecule has 0 radical (unpaired) electrons. The number of anilines is 1. The van der Waals surface area contributed by atoms with Gasteiger partial charge in [0.2, 0.25) is 11.8 Å². The lowest BCUT2D eigenvalue weighted by molar-refractivity contribution is -0.121. The van der Waals surface area contributed by atoms with Crippen LogP contribution in [0.25, 0.3) is 0 Å². The van der Waals surface area contributed by atoms with Gasteiger partial charge in [-0.15, -0.1) is 0 Å². The van der Waals surface area contributed by atoms with E-state index < -0.39 is 0 Å². The van der Waals surface area contributed by atoms with Gasteiger partial charge >= 0.3 is 0 Å². The number of halogens is 1. The molecule has 2 aromatic rings. The molecule has 2 heterocycles. The van der Waals surface area contributed by atoms with Crippen LogP contribution in [0.15, 0.2) is 24.3 Å². The third kappa shape index (κ3) is 5.54. The fourth-order valence-electron chi connectivity index (χ4n) is 4.12. The van der Waals surface area contributed by atoms with E-state index in [-0.39, 0.29) is 30.2 Å². The number of amides is 2. The summed E-state index contributed by atoms with van der Waals surface area (Å²) in [4.78, 5) is 26.6. The van der Waals surface area contributed by atoms with E-state index in [1.807, 2.05) is 30.2 Å². The fraction of sp³-hybridized carbons (Fsp3) is 0.458. The third-order valence-corrected chi connectivity index (χ3v) is 6.01. The molecular weight excluding hydrogens is 409 g/mol. The monoisotopic (exact) mass is 439 g/mol. The molecule has 0 bridgehead atoms. The number of hydrogen-bond donors (Lipinski definition) is 2. The number of nitrogens with one attached hydrogen (secondary N) is 2. The first kappa shape index (κ1) is 23.5. The van der Waals surface area contributed by atoms with Crippen molar-refractivity contribution < 1.29 is 14.0 Å². The van der Waals surface area contributed by atoms with E-state index in [4.69, 9.17) is 0 Å². The van der Waals surface area contributed by atoms with Crippen LogP contribution in [0, 0.1) is 31.0 Å². The summed E-state index contributed by atoms with van der Waals surface area (Å²) in [6.07, 6.45) is 2.25. The molecule has 1 aromatic carbocycles. The smallest absolute Gasteiger partial charge is 0.239 e. The number of carbonyl (C=O) groups is 2. The molecule has 2 N–H and O–H groups in total. The highest BCUT2D eigenvalue weighted by Gasteiger charge is 2.24. The molecular formula is C24H30FN5O2. The topological polar surface area (TPSA) is 90.2 Å². The minimum Gasteiger partial charge on any atom is -0.352 e. The summed E-state index contributed by atoms with van der Waals surface area (Å²) in [5, 5.41) is 15.6. The van der Waals surface area contributed by atoms with E-state index in [1.54, 1.807) is 12.1 Å². The second-order valence-electron chi connectivity index (χ2n) is 8.30. The standard InChI is InChI=1S/C24H30FN5O2/c1-4-22(31)27-20-6-5-11-29(14-20)15-23(32)28-24-21(12-26)16(2)17(3)30(24)13-18-7-9-19(25)10-8-18/h7-10,20H,4-6,11,13-15H2,1-3H3,(H,27,31)(H,28,32). The maximum atomic E-state index is 13.3. The maximum Gasteiger partial charge on any atom is 0.239 e. The molecule has 1 aliphatic rings. The molecule has 0 saturated carbocycles. The number of aromatic nitrogens is 1. The molecule has 170 valence electrons. The molecule has 1 atom stereocenters. The number of piperidine rings is 1. The first-order valence-corrected chi connectivity index (χ1v) is 11.0. The summed E-state index contributed by atoms with van der Waals surface area (Å²) in [6, 6.07) is 8.44. The van der Waals surface area contributed by atoms with Crippen LogP contribution in [-0.4, -0.2) is 47.0 Å². The summed E-state index contributed by atoms with van der Waals surface area (Å²) in [6.45, 7) is 7.59. The first-order valence-electron chi connectivity index (χ1n) is 11.0. The van der Waals surface area contributed by atoms with Gasteiger partial charge in [-0.1, -0.05) is 19.1 Å². The lowest BCUT2D eigenvalue weighted by Gasteiger charge is -2.32. The van der Waals surface area contributed by atoms with Crippen molar-refractivity contribution in [3.8, 4) is 6.07 Å². The van der Waals surface area contributed by atoms with E-state index in [9.17, 15) is 19.2 Å². The molecule has 32 heavy (non-hydrogen) atoms. The van der Waals surface area contributed by atoms with Crippen molar-refractivity contribution in [1.82, 2.24) is 14.8 Å². The molecule has 1 saturated heterocycles. The van der Waals surface area contributed by atoms with Crippen molar-refractivity contribution >= 4 is 17.6 Å². The molecule has 0 aliphatic carbocycles. The highest BCUT2D eigenvalue weighted by Crippen LogP contribution is 2.27. The average molecular weight is 440 g/mol. The number of nitriles is 1. The van der Waals surface area contributed by atoms with Gasteiger partial charge in [-0.3, -0.25) is 14.5 Å².